The predicted molar refractivity (Wildman–Crippen MR) is 155 cm³/mol. The second-order valence-corrected chi connectivity index (χ2v) is 11.0. The van der Waals surface area contributed by atoms with Crippen molar-refractivity contribution in [1.82, 2.24) is 14.5 Å². The lowest BCUT2D eigenvalue weighted by molar-refractivity contribution is -0.385. The number of carbonyl (C=O) groups is 1. The van der Waals surface area contributed by atoms with E-state index in [1.165, 1.54) is 19.2 Å². The average Bonchev–Trinajstić information content (AvgIpc) is 3.28. The molecule has 0 fully saturated rings. The van der Waals surface area contributed by atoms with E-state index in [4.69, 9.17) is 14.3 Å². The number of aliphatic imine (C=N–C) groups is 1. The van der Waals surface area contributed by atoms with Crippen LogP contribution in [0.4, 0.5) is 5.69 Å². The van der Waals surface area contributed by atoms with Crippen LogP contribution in [0.2, 0.25) is 0 Å². The van der Waals surface area contributed by atoms with Crippen LogP contribution in [-0.2, 0) is 19.6 Å². The molecule has 2 aromatic heterocycles. The Balaban J connectivity index is 0.000000310. The first kappa shape index (κ1) is 30.2. The summed E-state index contributed by atoms with van der Waals surface area (Å²) in [5.41, 5.74) is 4.83. The molecule has 5 rings (SSSR count). The van der Waals surface area contributed by atoms with Gasteiger partial charge in [-0.25, -0.2) is 4.98 Å². The normalized spacial score (nSPS) is 13.9. The molecule has 1 aliphatic rings. The van der Waals surface area contributed by atoms with Crippen LogP contribution in [-0.4, -0.2) is 51.2 Å². The molecule has 0 amide bonds. The third-order valence-corrected chi connectivity index (χ3v) is 7.50. The highest BCUT2D eigenvalue weighted by molar-refractivity contribution is 7.85. The molecule has 42 heavy (non-hydrogen) atoms. The molecule has 1 N–H and O–H groups in total. The fourth-order valence-corrected chi connectivity index (χ4v) is 4.99. The average molecular weight is 592 g/mol. The van der Waals surface area contributed by atoms with E-state index in [-0.39, 0.29) is 23.0 Å². The molecule has 1 aliphatic heterocycles. The highest BCUT2D eigenvalue weighted by atomic mass is 32.2. The van der Waals surface area contributed by atoms with Gasteiger partial charge in [0.15, 0.2) is 0 Å². The minimum Gasteiger partial charge on any atom is -0.469 e. The number of hydrogen-bond donors (Lipinski definition) is 1. The van der Waals surface area contributed by atoms with E-state index in [0.717, 1.165) is 16.9 Å². The summed E-state index contributed by atoms with van der Waals surface area (Å²) in [6.45, 7) is 5.47. The fraction of sp³-hybridized carbons (Fsp3) is 0.241. The maximum atomic E-state index is 11.8. The number of nitro benzene ring substituents is 1. The Labute approximate surface area is 242 Å². The van der Waals surface area contributed by atoms with Gasteiger partial charge in [-0.1, -0.05) is 23.8 Å². The highest BCUT2D eigenvalue weighted by Gasteiger charge is 2.30. The van der Waals surface area contributed by atoms with Crippen molar-refractivity contribution in [3.8, 4) is 5.69 Å². The van der Waals surface area contributed by atoms with Gasteiger partial charge in [0.25, 0.3) is 15.8 Å². The van der Waals surface area contributed by atoms with Gasteiger partial charge in [0.2, 0.25) is 0 Å². The lowest BCUT2D eigenvalue weighted by Gasteiger charge is -2.15. The van der Waals surface area contributed by atoms with Crippen LogP contribution in [0.3, 0.4) is 0 Å². The number of hydrogen-bond acceptors (Lipinski definition) is 9. The monoisotopic (exact) mass is 591 g/mol. The number of imidazole rings is 1. The summed E-state index contributed by atoms with van der Waals surface area (Å²) in [4.78, 5) is 36.9. The zero-order chi connectivity index (χ0) is 30.6. The fourth-order valence-electron chi connectivity index (χ4n) is 4.51. The standard InChI is InChI=1S/C22H21N5O4.C7H8O3S/c1-13-10-19-15(11-18(13)27(29)30)21(16-6-4-5-9-23-16)25-17(7-8-20(28)31-3)22-24-12-14(2)26(19)22;1-6-2-4-7(5-3-6)11(8,9)10/h4-6,9-12,17H,7-8H2,1-3H3;2-5H,1H3,(H,8,9,10)/t17-;/m0./s1. The number of ether oxygens (including phenoxy) is 1. The van der Waals surface area contributed by atoms with Crippen LogP contribution in [0.1, 0.15) is 52.8 Å². The number of nitrogens with zero attached hydrogens (tertiary/aromatic N) is 5. The number of rotatable bonds is 6. The first-order valence-electron chi connectivity index (χ1n) is 12.8. The molecule has 4 aromatic rings. The topological polar surface area (TPSA) is 167 Å². The summed E-state index contributed by atoms with van der Waals surface area (Å²) in [5.74, 6) is 0.333. The molecule has 0 saturated heterocycles. The van der Waals surface area contributed by atoms with Crippen molar-refractivity contribution in [2.24, 2.45) is 4.99 Å². The van der Waals surface area contributed by atoms with Crippen molar-refractivity contribution in [2.75, 3.05) is 7.11 Å². The number of methoxy groups -OCH3 is 1. The maximum Gasteiger partial charge on any atom is 0.305 e. The summed E-state index contributed by atoms with van der Waals surface area (Å²) >= 11 is 0. The summed E-state index contributed by atoms with van der Waals surface area (Å²) in [6, 6.07) is 14.3. The molecule has 0 aliphatic carbocycles. The van der Waals surface area contributed by atoms with Crippen LogP contribution in [0.25, 0.3) is 5.69 Å². The van der Waals surface area contributed by atoms with E-state index in [1.54, 1.807) is 49.6 Å². The first-order chi connectivity index (χ1) is 19.9. The van der Waals surface area contributed by atoms with E-state index < -0.39 is 21.1 Å². The van der Waals surface area contributed by atoms with Gasteiger partial charge in [-0.2, -0.15) is 8.42 Å². The van der Waals surface area contributed by atoms with E-state index in [0.29, 0.717) is 34.8 Å². The van der Waals surface area contributed by atoms with Crippen LogP contribution in [0, 0.1) is 30.9 Å². The Morgan fingerprint density at radius 3 is 2.40 bits per heavy atom. The molecule has 0 saturated carbocycles. The van der Waals surface area contributed by atoms with Crippen molar-refractivity contribution in [3.05, 3.63) is 111 Å². The van der Waals surface area contributed by atoms with Gasteiger partial charge in [-0.05, 0) is 57.5 Å². The Morgan fingerprint density at radius 1 is 1.10 bits per heavy atom. The zero-order valence-corrected chi connectivity index (χ0v) is 24.2. The number of esters is 1. The van der Waals surface area contributed by atoms with Gasteiger partial charge in [-0.3, -0.25) is 34.0 Å². The van der Waals surface area contributed by atoms with Gasteiger partial charge in [0, 0.05) is 41.7 Å². The Kier molecular flexibility index (Phi) is 8.93. The molecular weight excluding hydrogens is 562 g/mol. The lowest BCUT2D eigenvalue weighted by atomic mass is 10.0. The third-order valence-electron chi connectivity index (χ3n) is 6.63. The van der Waals surface area contributed by atoms with Crippen LogP contribution in [0.5, 0.6) is 0 Å². The quantitative estimate of drug-likeness (QED) is 0.142. The third kappa shape index (κ3) is 6.58. The molecule has 12 nitrogen and oxygen atoms in total. The van der Waals surface area contributed by atoms with Gasteiger partial charge in [0.05, 0.1) is 34.0 Å². The number of carbonyl (C=O) groups excluding carboxylic acids is 1. The van der Waals surface area contributed by atoms with Gasteiger partial charge >= 0.3 is 5.97 Å². The second kappa shape index (κ2) is 12.4. The lowest BCUT2D eigenvalue weighted by Crippen LogP contribution is -2.11. The largest absolute Gasteiger partial charge is 0.469 e. The molecule has 2 aromatic carbocycles. The Hall–Kier alpha value is -4.75. The molecule has 3 heterocycles. The molecule has 0 bridgehead atoms. The van der Waals surface area contributed by atoms with E-state index >= 15 is 0 Å². The van der Waals surface area contributed by atoms with Gasteiger partial charge < -0.3 is 4.74 Å². The molecule has 0 spiro atoms. The molecule has 218 valence electrons. The van der Waals surface area contributed by atoms with Crippen molar-refractivity contribution < 1.29 is 27.4 Å². The van der Waals surface area contributed by atoms with E-state index in [2.05, 4.69) is 9.97 Å². The van der Waals surface area contributed by atoms with Crippen molar-refractivity contribution >= 4 is 27.5 Å². The molecule has 0 radical (unpaired) electrons. The summed E-state index contributed by atoms with van der Waals surface area (Å²) in [7, 11) is -2.67. The number of aromatic nitrogens is 3. The molecule has 0 unspecified atom stereocenters. The van der Waals surface area contributed by atoms with Crippen molar-refractivity contribution in [3.63, 3.8) is 0 Å². The van der Waals surface area contributed by atoms with Crippen LogP contribution >= 0.6 is 0 Å². The number of pyridine rings is 1. The van der Waals surface area contributed by atoms with Crippen LogP contribution in [0.15, 0.2) is 76.9 Å². The number of fused-ring (bicyclic) bond motifs is 3. The smallest absolute Gasteiger partial charge is 0.305 e. The number of benzene rings is 2. The van der Waals surface area contributed by atoms with E-state index in [1.807, 2.05) is 30.5 Å². The van der Waals surface area contributed by atoms with Gasteiger partial charge in [0.1, 0.15) is 11.9 Å². The molecule has 13 heteroatoms. The second-order valence-electron chi connectivity index (χ2n) is 9.62. The SMILES string of the molecule is COC(=O)CC[C@@H]1N=C(c2ccccn2)c2cc([N+](=O)[O-])c(C)cc2-n2c(C)cnc21.Cc1ccc(S(=O)(=O)O)cc1. The Bertz CT molecular complexity index is 1770. The van der Waals surface area contributed by atoms with Crippen molar-refractivity contribution in [1.29, 1.82) is 0 Å². The number of nitro groups is 1. The predicted octanol–water partition coefficient (Wildman–Crippen LogP) is 4.88. The molecule has 1 atom stereocenters. The summed E-state index contributed by atoms with van der Waals surface area (Å²) in [6.07, 6.45) is 3.94. The first-order valence-corrected chi connectivity index (χ1v) is 14.3. The van der Waals surface area contributed by atoms with Gasteiger partial charge in [-0.15, -0.1) is 0 Å². The minimum atomic E-state index is -4.02. The molecular formula is C29H29N5O7S. The Morgan fingerprint density at radius 2 is 1.81 bits per heavy atom. The minimum absolute atomic E-state index is 0.00899. The highest BCUT2D eigenvalue weighted by Crippen LogP contribution is 2.36. The summed E-state index contributed by atoms with van der Waals surface area (Å²) < 4.78 is 36.3. The van der Waals surface area contributed by atoms with E-state index in [9.17, 15) is 23.3 Å². The number of aryl methyl sites for hydroxylation is 3. The van der Waals surface area contributed by atoms with Crippen LogP contribution < -0.4 is 0 Å². The van der Waals surface area contributed by atoms with Crippen molar-refractivity contribution in [2.45, 2.75) is 44.6 Å². The zero-order valence-electron chi connectivity index (χ0n) is 23.4. The maximum absolute atomic E-state index is 11.8. The summed E-state index contributed by atoms with van der Waals surface area (Å²) in [5, 5.41) is 11.7.